The zero-order valence-corrected chi connectivity index (χ0v) is 10.6. The van der Waals surface area contributed by atoms with Crippen LogP contribution in [0.25, 0.3) is 0 Å². The van der Waals surface area contributed by atoms with Crippen LogP contribution in [0.15, 0.2) is 42.7 Å². The summed E-state index contributed by atoms with van der Waals surface area (Å²) in [4.78, 5) is 14.1. The maximum Gasteiger partial charge on any atom is 0.295 e. The Kier molecular flexibility index (Phi) is 5.20. The summed E-state index contributed by atoms with van der Waals surface area (Å²) in [6.45, 7) is 0.368. The Morgan fingerprint density at radius 2 is 1.95 bits per heavy atom. The molecule has 2 aromatic rings. The summed E-state index contributed by atoms with van der Waals surface area (Å²) in [5, 5.41) is 13.7. The molecule has 7 heteroatoms. The summed E-state index contributed by atoms with van der Waals surface area (Å²) in [7, 11) is 0. The molecule has 0 amide bonds. The van der Waals surface area contributed by atoms with Gasteiger partial charge in [-0.05, 0) is 17.7 Å². The third-order valence-corrected chi connectivity index (χ3v) is 2.39. The van der Waals surface area contributed by atoms with E-state index in [4.69, 9.17) is 0 Å². The molecule has 0 saturated heterocycles. The molecular formula is C12H11ClFN3O2. The third-order valence-electron chi connectivity index (χ3n) is 2.39. The first kappa shape index (κ1) is 14.8. The Morgan fingerprint density at radius 1 is 1.26 bits per heavy atom. The van der Waals surface area contributed by atoms with Gasteiger partial charge in [0.25, 0.3) is 5.69 Å². The van der Waals surface area contributed by atoms with E-state index < -0.39 is 4.92 Å². The fourth-order valence-corrected chi connectivity index (χ4v) is 1.48. The van der Waals surface area contributed by atoms with Crippen molar-refractivity contribution in [2.75, 3.05) is 5.32 Å². The lowest BCUT2D eigenvalue weighted by atomic mass is 10.2. The van der Waals surface area contributed by atoms with Crippen molar-refractivity contribution in [1.29, 1.82) is 0 Å². The van der Waals surface area contributed by atoms with Gasteiger partial charge in [-0.2, -0.15) is 0 Å². The molecule has 0 unspecified atom stereocenters. The molecule has 0 atom stereocenters. The average molecular weight is 284 g/mol. The maximum atomic E-state index is 12.7. The number of pyridine rings is 1. The van der Waals surface area contributed by atoms with Crippen LogP contribution >= 0.6 is 12.4 Å². The minimum Gasteiger partial charge on any atom is -0.374 e. The molecule has 1 aromatic heterocycles. The van der Waals surface area contributed by atoms with Crippen LogP contribution in [0.4, 0.5) is 15.8 Å². The van der Waals surface area contributed by atoms with Gasteiger partial charge < -0.3 is 5.32 Å². The summed E-state index contributed by atoms with van der Waals surface area (Å²) in [6.07, 6.45) is 2.75. The molecule has 0 radical (unpaired) electrons. The van der Waals surface area contributed by atoms with E-state index in [9.17, 15) is 14.5 Å². The molecule has 5 nitrogen and oxygen atoms in total. The number of aromatic nitrogens is 1. The van der Waals surface area contributed by atoms with Crippen molar-refractivity contribution in [3.05, 3.63) is 64.2 Å². The Morgan fingerprint density at radius 3 is 2.58 bits per heavy atom. The minimum atomic E-state index is -0.478. The van der Waals surface area contributed by atoms with Crippen molar-refractivity contribution in [1.82, 2.24) is 4.98 Å². The molecule has 0 aliphatic carbocycles. The van der Waals surface area contributed by atoms with E-state index in [1.165, 1.54) is 30.6 Å². The fraction of sp³-hybridized carbons (Fsp3) is 0.0833. The van der Waals surface area contributed by atoms with Crippen molar-refractivity contribution in [3.63, 3.8) is 0 Å². The van der Waals surface area contributed by atoms with Gasteiger partial charge in [0.2, 0.25) is 0 Å². The number of rotatable bonds is 4. The van der Waals surface area contributed by atoms with Crippen LogP contribution in [0.1, 0.15) is 5.56 Å². The lowest BCUT2D eigenvalue weighted by Gasteiger charge is -2.06. The minimum absolute atomic E-state index is 0. The maximum absolute atomic E-state index is 12.7. The number of hydrogen-bond donors (Lipinski definition) is 1. The van der Waals surface area contributed by atoms with E-state index in [0.29, 0.717) is 12.2 Å². The van der Waals surface area contributed by atoms with Crippen LogP contribution in [0.3, 0.4) is 0 Å². The summed E-state index contributed by atoms with van der Waals surface area (Å²) >= 11 is 0. The van der Waals surface area contributed by atoms with Crippen molar-refractivity contribution in [3.8, 4) is 0 Å². The molecule has 19 heavy (non-hydrogen) atoms. The predicted octanol–water partition coefficient (Wildman–Crippen LogP) is 3.16. The standard InChI is InChI=1S/C12H10FN3O2.ClH/c13-10-3-1-9(2-4-10)7-15-11-8-14-6-5-12(11)16(17)18;/h1-6,8,15H,7H2;1H. The highest BCUT2D eigenvalue weighted by atomic mass is 35.5. The van der Waals surface area contributed by atoms with E-state index in [2.05, 4.69) is 10.3 Å². The normalized spacial score (nSPS) is 9.53. The molecule has 1 N–H and O–H groups in total. The van der Waals surface area contributed by atoms with Crippen LogP contribution < -0.4 is 5.32 Å². The molecule has 0 spiro atoms. The van der Waals surface area contributed by atoms with Gasteiger partial charge in [0.15, 0.2) is 0 Å². The molecule has 2 rings (SSSR count). The second-order valence-electron chi connectivity index (χ2n) is 3.63. The summed E-state index contributed by atoms with van der Waals surface area (Å²) in [5.74, 6) is -0.314. The first-order chi connectivity index (χ1) is 8.66. The van der Waals surface area contributed by atoms with Gasteiger partial charge in [-0.15, -0.1) is 12.4 Å². The molecule has 0 bridgehead atoms. The SMILES string of the molecule is Cl.O=[N+]([O-])c1ccncc1NCc1ccc(F)cc1. The van der Waals surface area contributed by atoms with Gasteiger partial charge in [0.1, 0.15) is 11.5 Å². The molecule has 1 heterocycles. The molecule has 0 aliphatic rings. The van der Waals surface area contributed by atoms with Crippen LogP contribution in [-0.4, -0.2) is 9.91 Å². The highest BCUT2D eigenvalue weighted by Gasteiger charge is 2.12. The highest BCUT2D eigenvalue weighted by molar-refractivity contribution is 5.85. The van der Waals surface area contributed by atoms with E-state index in [0.717, 1.165) is 5.56 Å². The van der Waals surface area contributed by atoms with Crippen molar-refractivity contribution in [2.45, 2.75) is 6.54 Å². The monoisotopic (exact) mass is 283 g/mol. The van der Waals surface area contributed by atoms with E-state index in [1.807, 2.05) is 0 Å². The molecule has 100 valence electrons. The average Bonchev–Trinajstić information content (AvgIpc) is 2.38. The third kappa shape index (κ3) is 3.89. The number of halogens is 2. The quantitative estimate of drug-likeness (QED) is 0.691. The number of hydrogen-bond acceptors (Lipinski definition) is 4. The van der Waals surface area contributed by atoms with Crippen molar-refractivity contribution < 1.29 is 9.31 Å². The van der Waals surface area contributed by atoms with Gasteiger partial charge in [0.05, 0.1) is 11.1 Å². The summed E-state index contributed by atoms with van der Waals surface area (Å²) in [5.41, 5.74) is 1.13. The zero-order chi connectivity index (χ0) is 13.0. The van der Waals surface area contributed by atoms with Gasteiger partial charge in [-0.3, -0.25) is 15.1 Å². The lowest BCUT2D eigenvalue weighted by Crippen LogP contribution is -2.03. The van der Waals surface area contributed by atoms with Gasteiger partial charge in [-0.25, -0.2) is 4.39 Å². The topological polar surface area (TPSA) is 68.1 Å². The van der Waals surface area contributed by atoms with Crippen LogP contribution in [-0.2, 0) is 6.54 Å². The number of benzene rings is 1. The number of nitro groups is 1. The van der Waals surface area contributed by atoms with E-state index in [1.54, 1.807) is 12.1 Å². The summed E-state index contributed by atoms with van der Waals surface area (Å²) in [6, 6.07) is 7.24. The Labute approximate surface area is 115 Å². The highest BCUT2D eigenvalue weighted by Crippen LogP contribution is 2.22. The zero-order valence-electron chi connectivity index (χ0n) is 9.75. The van der Waals surface area contributed by atoms with Gasteiger partial charge in [0, 0.05) is 18.8 Å². The number of anilines is 1. The van der Waals surface area contributed by atoms with E-state index >= 15 is 0 Å². The molecule has 0 aliphatic heterocycles. The Hall–Kier alpha value is -2.21. The molecule has 0 saturated carbocycles. The van der Waals surface area contributed by atoms with Crippen LogP contribution in [0.2, 0.25) is 0 Å². The fourth-order valence-electron chi connectivity index (χ4n) is 1.48. The largest absolute Gasteiger partial charge is 0.374 e. The number of nitrogens with one attached hydrogen (secondary N) is 1. The van der Waals surface area contributed by atoms with Gasteiger partial charge in [-0.1, -0.05) is 12.1 Å². The van der Waals surface area contributed by atoms with Crippen molar-refractivity contribution in [2.24, 2.45) is 0 Å². The van der Waals surface area contributed by atoms with Gasteiger partial charge >= 0.3 is 0 Å². The lowest BCUT2D eigenvalue weighted by molar-refractivity contribution is -0.384. The van der Waals surface area contributed by atoms with Crippen LogP contribution in [0.5, 0.6) is 0 Å². The number of nitrogens with zero attached hydrogens (tertiary/aromatic N) is 2. The Balaban J connectivity index is 0.00000180. The molecular weight excluding hydrogens is 273 g/mol. The second kappa shape index (κ2) is 6.65. The first-order valence-electron chi connectivity index (χ1n) is 5.23. The second-order valence-corrected chi connectivity index (χ2v) is 3.63. The van der Waals surface area contributed by atoms with Crippen LogP contribution in [0, 0.1) is 15.9 Å². The first-order valence-corrected chi connectivity index (χ1v) is 5.23. The predicted molar refractivity (Wildman–Crippen MR) is 71.9 cm³/mol. The van der Waals surface area contributed by atoms with E-state index in [-0.39, 0.29) is 23.9 Å². The van der Waals surface area contributed by atoms with Crippen molar-refractivity contribution >= 4 is 23.8 Å². The molecule has 0 fully saturated rings. The molecule has 1 aromatic carbocycles. The smallest absolute Gasteiger partial charge is 0.295 e. The summed E-state index contributed by atoms with van der Waals surface area (Å²) < 4.78 is 12.7. The Bertz CT molecular complexity index is 563.